The molecule has 148 valence electrons. The summed E-state index contributed by atoms with van der Waals surface area (Å²) in [5.41, 5.74) is 2.06. The zero-order valence-corrected chi connectivity index (χ0v) is 15.8. The molecule has 1 aliphatic heterocycles. The number of non-ortho nitro benzene ring substituents is 1. The second-order valence-electron chi connectivity index (χ2n) is 6.87. The van der Waals surface area contributed by atoms with Crippen molar-refractivity contribution in [3.8, 4) is 5.75 Å². The van der Waals surface area contributed by atoms with Crippen LogP contribution < -0.4 is 10.2 Å². The largest absolute Gasteiger partial charge is 0.506 e. The lowest BCUT2D eigenvalue weighted by Crippen LogP contribution is -2.47. The van der Waals surface area contributed by atoms with E-state index in [-0.39, 0.29) is 17.3 Å². The van der Waals surface area contributed by atoms with Crippen LogP contribution in [0.25, 0.3) is 0 Å². The lowest BCUT2D eigenvalue weighted by molar-refractivity contribution is -0.384. The van der Waals surface area contributed by atoms with E-state index in [0.29, 0.717) is 18.7 Å². The predicted octanol–water partition coefficient (Wildman–Crippen LogP) is 2.76. The molecule has 0 radical (unpaired) electrons. The predicted molar refractivity (Wildman–Crippen MR) is 108 cm³/mol. The topological polar surface area (TPSA) is 99.0 Å². The summed E-state index contributed by atoms with van der Waals surface area (Å²) in [5.74, 6) is 0.120. The standard InChI is InChI=1S/C20H24N4O4/c1-15-6-7-16(24(27)28)14-17(15)21-20(26)8-9-22-10-12-23(13-11-22)18-4-2-3-5-19(18)25/h2-7,14,25H,8-13H2,1H3,(H,21,26). The van der Waals surface area contributed by atoms with E-state index >= 15 is 0 Å². The van der Waals surface area contributed by atoms with Crippen molar-refractivity contribution in [3.05, 3.63) is 58.1 Å². The molecule has 2 aromatic carbocycles. The highest BCUT2D eigenvalue weighted by Crippen LogP contribution is 2.27. The van der Waals surface area contributed by atoms with Crippen molar-refractivity contribution < 1.29 is 14.8 Å². The Morgan fingerprint density at radius 1 is 1.18 bits per heavy atom. The lowest BCUT2D eigenvalue weighted by atomic mass is 10.1. The summed E-state index contributed by atoms with van der Waals surface area (Å²) in [6, 6.07) is 11.7. The quantitative estimate of drug-likeness (QED) is 0.587. The van der Waals surface area contributed by atoms with Gasteiger partial charge in [-0.05, 0) is 24.6 Å². The highest BCUT2D eigenvalue weighted by atomic mass is 16.6. The molecule has 1 fully saturated rings. The first-order valence-corrected chi connectivity index (χ1v) is 9.24. The molecule has 8 heteroatoms. The van der Waals surface area contributed by atoms with E-state index in [1.807, 2.05) is 12.1 Å². The van der Waals surface area contributed by atoms with Crippen LogP contribution in [0.5, 0.6) is 5.75 Å². The summed E-state index contributed by atoms with van der Waals surface area (Å²) >= 11 is 0. The SMILES string of the molecule is Cc1ccc([N+](=O)[O-])cc1NC(=O)CCN1CCN(c2ccccc2O)CC1. The maximum atomic E-state index is 12.3. The number of hydrogen-bond acceptors (Lipinski definition) is 6. The van der Waals surface area contributed by atoms with Crippen LogP contribution in [0.15, 0.2) is 42.5 Å². The molecule has 0 bridgehead atoms. The summed E-state index contributed by atoms with van der Waals surface area (Å²) in [6.45, 7) is 5.59. The van der Waals surface area contributed by atoms with Crippen LogP contribution in [0, 0.1) is 17.0 Å². The smallest absolute Gasteiger partial charge is 0.271 e. The van der Waals surface area contributed by atoms with Gasteiger partial charge in [-0.2, -0.15) is 0 Å². The normalized spacial score (nSPS) is 14.7. The zero-order valence-electron chi connectivity index (χ0n) is 15.8. The third-order valence-electron chi connectivity index (χ3n) is 4.96. The van der Waals surface area contributed by atoms with E-state index in [0.717, 1.165) is 37.4 Å². The van der Waals surface area contributed by atoms with E-state index in [1.54, 1.807) is 25.1 Å². The number of carbonyl (C=O) groups excluding carboxylic acids is 1. The summed E-state index contributed by atoms with van der Waals surface area (Å²) < 4.78 is 0. The first kappa shape index (κ1) is 19.6. The Morgan fingerprint density at radius 3 is 2.57 bits per heavy atom. The Labute approximate surface area is 163 Å². The molecule has 0 atom stereocenters. The lowest BCUT2D eigenvalue weighted by Gasteiger charge is -2.36. The van der Waals surface area contributed by atoms with Gasteiger partial charge in [-0.3, -0.25) is 19.8 Å². The Bertz CT molecular complexity index is 863. The van der Waals surface area contributed by atoms with Gasteiger partial charge in [0.05, 0.1) is 16.3 Å². The Hall–Kier alpha value is -3.13. The number of benzene rings is 2. The van der Waals surface area contributed by atoms with Crippen molar-refractivity contribution in [3.63, 3.8) is 0 Å². The number of amides is 1. The number of nitrogens with one attached hydrogen (secondary N) is 1. The minimum Gasteiger partial charge on any atom is -0.506 e. The minimum absolute atomic E-state index is 0.0406. The van der Waals surface area contributed by atoms with Crippen LogP contribution >= 0.6 is 0 Å². The third kappa shape index (κ3) is 4.77. The van der Waals surface area contributed by atoms with Gasteiger partial charge in [-0.25, -0.2) is 0 Å². The molecule has 2 aromatic rings. The number of piperazine rings is 1. The van der Waals surface area contributed by atoms with Crippen LogP contribution in [0.4, 0.5) is 17.1 Å². The van der Waals surface area contributed by atoms with E-state index in [9.17, 15) is 20.0 Å². The van der Waals surface area contributed by atoms with Crippen molar-refractivity contribution in [1.82, 2.24) is 4.90 Å². The molecule has 1 amide bonds. The van der Waals surface area contributed by atoms with E-state index in [1.165, 1.54) is 12.1 Å². The molecule has 0 saturated carbocycles. The molecule has 8 nitrogen and oxygen atoms in total. The van der Waals surface area contributed by atoms with Gasteiger partial charge in [0.15, 0.2) is 0 Å². The average Bonchev–Trinajstić information content (AvgIpc) is 2.69. The fraction of sp³-hybridized carbons (Fsp3) is 0.350. The van der Waals surface area contributed by atoms with Gasteiger partial charge in [-0.15, -0.1) is 0 Å². The van der Waals surface area contributed by atoms with Gasteiger partial charge in [0, 0.05) is 51.3 Å². The summed E-state index contributed by atoms with van der Waals surface area (Å²) in [4.78, 5) is 27.0. The van der Waals surface area contributed by atoms with Gasteiger partial charge < -0.3 is 15.3 Å². The number of para-hydroxylation sites is 2. The molecular weight excluding hydrogens is 360 g/mol. The number of nitro benzene ring substituents is 1. The molecule has 0 aromatic heterocycles. The first-order chi connectivity index (χ1) is 13.4. The fourth-order valence-electron chi connectivity index (χ4n) is 3.27. The summed E-state index contributed by atoms with van der Waals surface area (Å²) in [6.07, 6.45) is 0.318. The van der Waals surface area contributed by atoms with Gasteiger partial charge >= 0.3 is 0 Å². The molecule has 3 rings (SSSR count). The van der Waals surface area contributed by atoms with Gasteiger partial charge in [0.2, 0.25) is 5.91 Å². The Morgan fingerprint density at radius 2 is 1.89 bits per heavy atom. The molecule has 0 aliphatic carbocycles. The Kier molecular flexibility index (Phi) is 6.10. The summed E-state index contributed by atoms with van der Waals surface area (Å²) in [5, 5.41) is 23.6. The number of hydrogen-bond donors (Lipinski definition) is 2. The number of nitrogens with zero attached hydrogens (tertiary/aromatic N) is 3. The van der Waals surface area contributed by atoms with E-state index in [4.69, 9.17) is 0 Å². The fourth-order valence-corrected chi connectivity index (χ4v) is 3.27. The first-order valence-electron chi connectivity index (χ1n) is 9.24. The second kappa shape index (κ2) is 8.71. The number of phenolic OH excluding ortho intramolecular Hbond substituents is 1. The van der Waals surface area contributed by atoms with E-state index in [2.05, 4.69) is 15.1 Å². The molecule has 0 spiro atoms. The molecule has 1 saturated heterocycles. The average molecular weight is 384 g/mol. The number of rotatable bonds is 6. The minimum atomic E-state index is -0.473. The van der Waals surface area contributed by atoms with Crippen molar-refractivity contribution in [1.29, 1.82) is 0 Å². The number of anilines is 2. The van der Waals surface area contributed by atoms with Gasteiger partial charge in [0.25, 0.3) is 5.69 Å². The monoisotopic (exact) mass is 384 g/mol. The van der Waals surface area contributed by atoms with Crippen molar-refractivity contribution in [2.75, 3.05) is 42.9 Å². The van der Waals surface area contributed by atoms with Crippen LogP contribution in [0.1, 0.15) is 12.0 Å². The van der Waals surface area contributed by atoms with E-state index < -0.39 is 4.92 Å². The third-order valence-corrected chi connectivity index (χ3v) is 4.96. The van der Waals surface area contributed by atoms with Gasteiger partial charge in [0.1, 0.15) is 5.75 Å². The number of aromatic hydroxyl groups is 1. The molecule has 2 N–H and O–H groups in total. The zero-order chi connectivity index (χ0) is 20.1. The molecule has 1 heterocycles. The van der Waals surface area contributed by atoms with Crippen molar-refractivity contribution >= 4 is 23.0 Å². The molecule has 0 unspecified atom stereocenters. The van der Waals surface area contributed by atoms with Crippen LogP contribution in [0.2, 0.25) is 0 Å². The maximum absolute atomic E-state index is 12.3. The van der Waals surface area contributed by atoms with Crippen LogP contribution in [-0.4, -0.2) is 53.6 Å². The highest BCUT2D eigenvalue weighted by molar-refractivity contribution is 5.92. The maximum Gasteiger partial charge on any atom is 0.271 e. The molecule has 1 aliphatic rings. The number of aryl methyl sites for hydroxylation is 1. The number of phenols is 1. The molecular formula is C20H24N4O4. The highest BCUT2D eigenvalue weighted by Gasteiger charge is 2.19. The van der Waals surface area contributed by atoms with Crippen LogP contribution in [-0.2, 0) is 4.79 Å². The Balaban J connectivity index is 1.48. The number of carbonyl (C=O) groups is 1. The van der Waals surface area contributed by atoms with Crippen molar-refractivity contribution in [2.24, 2.45) is 0 Å². The summed E-state index contributed by atoms with van der Waals surface area (Å²) in [7, 11) is 0. The second-order valence-corrected chi connectivity index (χ2v) is 6.87. The van der Waals surface area contributed by atoms with Gasteiger partial charge in [-0.1, -0.05) is 18.2 Å². The van der Waals surface area contributed by atoms with Crippen molar-refractivity contribution in [2.45, 2.75) is 13.3 Å². The molecule has 28 heavy (non-hydrogen) atoms. The van der Waals surface area contributed by atoms with Crippen LogP contribution in [0.3, 0.4) is 0 Å². The number of nitro groups is 1.